The number of likely N-dealkylation sites (tertiary alicyclic amines) is 1. The molecule has 0 spiro atoms. The molecule has 1 aliphatic heterocycles. The Kier molecular flexibility index (Phi) is 2.79. The standard InChI is InChI=1S/C14H25NS/c1-13(7-9-15(2)10-8-13)11-16-14(5-6-14)12-3-4-12/h12H,3-11H2,1-2H3. The van der Waals surface area contributed by atoms with Crippen molar-refractivity contribution in [1.82, 2.24) is 4.90 Å². The largest absolute Gasteiger partial charge is 0.306 e. The lowest BCUT2D eigenvalue weighted by Crippen LogP contribution is -2.38. The van der Waals surface area contributed by atoms with Gasteiger partial charge in [0, 0.05) is 4.75 Å². The van der Waals surface area contributed by atoms with Crippen molar-refractivity contribution in [2.45, 2.75) is 50.2 Å². The summed E-state index contributed by atoms with van der Waals surface area (Å²) >= 11 is 2.35. The van der Waals surface area contributed by atoms with E-state index < -0.39 is 0 Å². The molecule has 0 radical (unpaired) electrons. The van der Waals surface area contributed by atoms with E-state index in [-0.39, 0.29) is 0 Å². The topological polar surface area (TPSA) is 3.24 Å². The van der Waals surface area contributed by atoms with E-state index >= 15 is 0 Å². The van der Waals surface area contributed by atoms with Crippen LogP contribution in [0.1, 0.15) is 45.4 Å². The van der Waals surface area contributed by atoms with E-state index in [1.54, 1.807) is 0 Å². The summed E-state index contributed by atoms with van der Waals surface area (Å²) in [6, 6.07) is 0. The highest BCUT2D eigenvalue weighted by molar-refractivity contribution is 8.01. The van der Waals surface area contributed by atoms with E-state index in [2.05, 4.69) is 30.6 Å². The van der Waals surface area contributed by atoms with Crippen molar-refractivity contribution >= 4 is 11.8 Å². The van der Waals surface area contributed by atoms with Crippen molar-refractivity contribution in [1.29, 1.82) is 0 Å². The fraction of sp³-hybridized carbons (Fsp3) is 1.00. The average molecular weight is 239 g/mol. The van der Waals surface area contributed by atoms with Crippen LogP contribution in [0.4, 0.5) is 0 Å². The van der Waals surface area contributed by atoms with Crippen LogP contribution in [-0.4, -0.2) is 35.5 Å². The normalized spacial score (nSPS) is 32.6. The molecule has 0 atom stereocenters. The zero-order valence-electron chi connectivity index (χ0n) is 10.8. The van der Waals surface area contributed by atoms with Gasteiger partial charge in [0.25, 0.3) is 0 Å². The first-order chi connectivity index (χ1) is 7.62. The lowest BCUT2D eigenvalue weighted by Gasteiger charge is -2.38. The first-order valence-corrected chi connectivity index (χ1v) is 7.93. The molecule has 0 aromatic heterocycles. The van der Waals surface area contributed by atoms with Crippen LogP contribution < -0.4 is 0 Å². The van der Waals surface area contributed by atoms with E-state index in [9.17, 15) is 0 Å². The summed E-state index contributed by atoms with van der Waals surface area (Å²) in [5.41, 5.74) is 0.641. The molecule has 0 unspecified atom stereocenters. The maximum absolute atomic E-state index is 2.52. The molecular formula is C14H25NS. The van der Waals surface area contributed by atoms with Crippen LogP contribution in [0.2, 0.25) is 0 Å². The van der Waals surface area contributed by atoms with Gasteiger partial charge in [0.1, 0.15) is 0 Å². The van der Waals surface area contributed by atoms with Crippen LogP contribution >= 0.6 is 11.8 Å². The van der Waals surface area contributed by atoms with Gasteiger partial charge in [0.05, 0.1) is 0 Å². The van der Waals surface area contributed by atoms with E-state index in [4.69, 9.17) is 0 Å². The van der Waals surface area contributed by atoms with Crippen LogP contribution in [-0.2, 0) is 0 Å². The van der Waals surface area contributed by atoms with Crippen molar-refractivity contribution in [3.63, 3.8) is 0 Å². The molecule has 0 aromatic rings. The third-order valence-electron chi connectivity index (χ3n) is 4.97. The van der Waals surface area contributed by atoms with Crippen molar-refractivity contribution in [3.8, 4) is 0 Å². The summed E-state index contributed by atoms with van der Waals surface area (Å²) in [5.74, 6) is 2.55. The molecule has 1 heterocycles. The summed E-state index contributed by atoms with van der Waals surface area (Å²) < 4.78 is 0.784. The van der Waals surface area contributed by atoms with Gasteiger partial charge in [-0.2, -0.15) is 11.8 Å². The minimum Gasteiger partial charge on any atom is -0.306 e. The van der Waals surface area contributed by atoms with Gasteiger partial charge < -0.3 is 4.90 Å². The Morgan fingerprint density at radius 2 is 1.75 bits per heavy atom. The fourth-order valence-corrected chi connectivity index (χ4v) is 4.81. The van der Waals surface area contributed by atoms with Crippen LogP contribution in [0.25, 0.3) is 0 Å². The maximum atomic E-state index is 2.52. The third-order valence-corrected chi connectivity index (χ3v) is 7.12. The van der Waals surface area contributed by atoms with Crippen LogP contribution in [0.5, 0.6) is 0 Å². The minimum absolute atomic E-state index is 0.641. The molecule has 0 N–H and O–H groups in total. The molecule has 3 rings (SSSR count). The summed E-state index contributed by atoms with van der Waals surface area (Å²) in [7, 11) is 2.26. The van der Waals surface area contributed by atoms with Crippen LogP contribution in [0.15, 0.2) is 0 Å². The van der Waals surface area contributed by atoms with Crippen LogP contribution in [0.3, 0.4) is 0 Å². The molecule has 2 heteroatoms. The highest BCUT2D eigenvalue weighted by atomic mass is 32.2. The number of piperidine rings is 1. The SMILES string of the molecule is CN1CCC(C)(CSC2(C3CC3)CC2)CC1. The molecule has 0 amide bonds. The number of nitrogens with zero attached hydrogens (tertiary/aromatic N) is 1. The highest BCUT2D eigenvalue weighted by Gasteiger charge is 2.54. The summed E-state index contributed by atoms with van der Waals surface area (Å²) in [4.78, 5) is 2.49. The summed E-state index contributed by atoms with van der Waals surface area (Å²) in [5, 5.41) is 0. The maximum Gasteiger partial charge on any atom is 0.0189 e. The zero-order chi connectivity index (χ0) is 11.2. The monoisotopic (exact) mass is 239 g/mol. The molecule has 1 saturated heterocycles. The molecule has 3 aliphatic rings. The minimum atomic E-state index is 0.641. The summed E-state index contributed by atoms with van der Waals surface area (Å²) in [6.07, 6.45) is 8.95. The van der Waals surface area contributed by atoms with Gasteiger partial charge in [-0.1, -0.05) is 6.92 Å². The molecule has 2 aliphatic carbocycles. The fourth-order valence-electron chi connectivity index (χ4n) is 3.02. The molecule has 92 valence electrons. The van der Waals surface area contributed by atoms with Gasteiger partial charge in [-0.3, -0.25) is 0 Å². The number of rotatable bonds is 4. The van der Waals surface area contributed by atoms with Gasteiger partial charge in [-0.05, 0) is 75.7 Å². The van der Waals surface area contributed by atoms with Crippen molar-refractivity contribution in [2.24, 2.45) is 11.3 Å². The van der Waals surface area contributed by atoms with Gasteiger partial charge in [-0.15, -0.1) is 0 Å². The van der Waals surface area contributed by atoms with E-state index in [1.807, 2.05) is 0 Å². The highest BCUT2D eigenvalue weighted by Crippen LogP contribution is 2.63. The second-order valence-electron chi connectivity index (χ2n) is 6.74. The van der Waals surface area contributed by atoms with Gasteiger partial charge >= 0.3 is 0 Å². The lowest BCUT2D eigenvalue weighted by atomic mass is 9.82. The van der Waals surface area contributed by atoms with Gasteiger partial charge in [0.2, 0.25) is 0 Å². The Morgan fingerprint density at radius 1 is 1.12 bits per heavy atom. The average Bonchev–Trinajstić information content (AvgIpc) is 3.14. The van der Waals surface area contributed by atoms with Crippen molar-refractivity contribution in [3.05, 3.63) is 0 Å². The Balaban J connectivity index is 1.50. The second-order valence-corrected chi connectivity index (χ2v) is 8.13. The quantitative estimate of drug-likeness (QED) is 0.740. The van der Waals surface area contributed by atoms with E-state index in [0.717, 1.165) is 10.7 Å². The Hall–Kier alpha value is 0.310. The second kappa shape index (κ2) is 3.91. The number of thioether (sulfide) groups is 1. The predicted octanol–water partition coefficient (Wildman–Crippen LogP) is 3.39. The molecule has 3 fully saturated rings. The first-order valence-electron chi connectivity index (χ1n) is 6.95. The van der Waals surface area contributed by atoms with Crippen molar-refractivity contribution < 1.29 is 0 Å². The number of hydrogen-bond donors (Lipinski definition) is 0. The Labute approximate surface area is 104 Å². The molecular weight excluding hydrogens is 214 g/mol. The van der Waals surface area contributed by atoms with Gasteiger partial charge in [0.15, 0.2) is 0 Å². The lowest BCUT2D eigenvalue weighted by molar-refractivity contribution is 0.160. The Morgan fingerprint density at radius 3 is 2.25 bits per heavy atom. The smallest absolute Gasteiger partial charge is 0.0189 e. The molecule has 16 heavy (non-hydrogen) atoms. The third kappa shape index (κ3) is 2.28. The Bertz CT molecular complexity index is 260. The molecule has 2 saturated carbocycles. The molecule has 0 aromatic carbocycles. The van der Waals surface area contributed by atoms with Gasteiger partial charge in [-0.25, -0.2) is 0 Å². The first kappa shape index (κ1) is 11.4. The molecule has 1 nitrogen and oxygen atoms in total. The molecule has 0 bridgehead atoms. The number of hydrogen-bond acceptors (Lipinski definition) is 2. The van der Waals surface area contributed by atoms with E-state index in [1.165, 1.54) is 57.4 Å². The predicted molar refractivity (Wildman–Crippen MR) is 72.0 cm³/mol. The van der Waals surface area contributed by atoms with E-state index in [0.29, 0.717) is 5.41 Å². The van der Waals surface area contributed by atoms with Crippen molar-refractivity contribution in [2.75, 3.05) is 25.9 Å². The summed E-state index contributed by atoms with van der Waals surface area (Å²) in [6.45, 7) is 5.15. The van der Waals surface area contributed by atoms with Crippen LogP contribution in [0, 0.1) is 11.3 Å². The zero-order valence-corrected chi connectivity index (χ0v) is 11.6.